The first kappa shape index (κ1) is 15.1. The van der Waals surface area contributed by atoms with E-state index in [-0.39, 0.29) is 17.3 Å². The molecule has 1 aliphatic carbocycles. The van der Waals surface area contributed by atoms with Gasteiger partial charge in [0.15, 0.2) is 11.5 Å². The average molecular weight is 375 g/mol. The molecule has 110 valence electrons. The van der Waals surface area contributed by atoms with E-state index in [1.54, 1.807) is 12.1 Å². The minimum absolute atomic E-state index is 0.0838. The summed E-state index contributed by atoms with van der Waals surface area (Å²) in [6.45, 7) is 0. The van der Waals surface area contributed by atoms with Crippen LogP contribution in [0.4, 0.5) is 0 Å². The van der Waals surface area contributed by atoms with Crippen LogP contribution in [0.15, 0.2) is 68.6 Å². The van der Waals surface area contributed by atoms with Crippen LogP contribution in [0, 0.1) is 0 Å². The van der Waals surface area contributed by atoms with E-state index < -0.39 is 0 Å². The smallest absolute Gasteiger partial charge is 0.228 e. The van der Waals surface area contributed by atoms with Crippen LogP contribution in [0.25, 0.3) is 0 Å². The number of rotatable bonds is 3. The number of carbonyl (C=O) groups excluding carboxylic acids is 2. The predicted molar refractivity (Wildman–Crippen MR) is 88.5 cm³/mol. The highest BCUT2D eigenvalue weighted by Gasteiger charge is 2.28. The number of ether oxygens (including phenoxy) is 1. The van der Waals surface area contributed by atoms with Gasteiger partial charge in [-0.25, -0.2) is 0 Å². The van der Waals surface area contributed by atoms with Crippen molar-refractivity contribution in [1.29, 1.82) is 0 Å². The molecule has 0 heterocycles. The molecule has 0 aliphatic heterocycles. The molecule has 1 aliphatic rings. The van der Waals surface area contributed by atoms with Crippen molar-refractivity contribution in [3.05, 3.63) is 69.9 Å². The Labute approximate surface area is 140 Å². The summed E-state index contributed by atoms with van der Waals surface area (Å²) in [6.07, 6.45) is 1.26. The Morgan fingerprint density at radius 3 is 2.45 bits per heavy atom. The van der Waals surface area contributed by atoms with E-state index in [1.165, 1.54) is 24.9 Å². The molecule has 3 nitrogen and oxygen atoms in total. The number of benzene rings is 2. The minimum atomic E-state index is -0.258. The van der Waals surface area contributed by atoms with Gasteiger partial charge >= 0.3 is 0 Å². The van der Waals surface area contributed by atoms with Gasteiger partial charge in [0.1, 0.15) is 0 Å². The van der Waals surface area contributed by atoms with E-state index in [1.807, 2.05) is 30.3 Å². The molecule has 0 atom stereocenters. The Kier molecular flexibility index (Phi) is 4.18. The van der Waals surface area contributed by atoms with Gasteiger partial charge in [0.25, 0.3) is 0 Å². The maximum absolute atomic E-state index is 12.4. The zero-order valence-electron chi connectivity index (χ0n) is 11.6. The first-order chi connectivity index (χ1) is 10.6. The summed E-state index contributed by atoms with van der Waals surface area (Å²) < 4.78 is 5.93. The van der Waals surface area contributed by atoms with Crippen LogP contribution in [0.3, 0.4) is 0 Å². The lowest BCUT2D eigenvalue weighted by molar-refractivity contribution is 0.0915. The third-order valence-electron chi connectivity index (χ3n) is 3.28. The van der Waals surface area contributed by atoms with E-state index in [4.69, 9.17) is 4.74 Å². The number of ketones is 2. The fraction of sp³-hybridized carbons (Fsp3) is 0.0588. The topological polar surface area (TPSA) is 43.4 Å². The molecule has 2 aromatic carbocycles. The van der Waals surface area contributed by atoms with E-state index >= 15 is 0 Å². The van der Waals surface area contributed by atoms with Gasteiger partial charge in [-0.3, -0.25) is 9.59 Å². The fourth-order valence-corrected chi connectivity index (χ4v) is 3.78. The maximum Gasteiger partial charge on any atom is 0.228 e. The third kappa shape index (κ3) is 2.62. The first-order valence-electron chi connectivity index (χ1n) is 6.52. The number of Topliss-reactive ketones (excluding diaryl/α,β-unsaturated/α-hetero) is 1. The van der Waals surface area contributed by atoms with Gasteiger partial charge in [-0.2, -0.15) is 0 Å². The van der Waals surface area contributed by atoms with Crippen molar-refractivity contribution in [3.8, 4) is 0 Å². The standard InChI is InChI=1S/C17H11BrO3S/c1-21-13-9-12(19)16-10(17(13)20)5-4-8-15(16)22-14-7-3-2-6-11(14)18/h2-9H,1H3. The van der Waals surface area contributed by atoms with Gasteiger partial charge < -0.3 is 4.74 Å². The number of hydrogen-bond acceptors (Lipinski definition) is 4. The van der Waals surface area contributed by atoms with Crippen molar-refractivity contribution < 1.29 is 14.3 Å². The maximum atomic E-state index is 12.4. The summed E-state index contributed by atoms with van der Waals surface area (Å²) in [7, 11) is 1.39. The van der Waals surface area contributed by atoms with Crippen molar-refractivity contribution >= 4 is 39.3 Å². The van der Waals surface area contributed by atoms with Gasteiger partial charge in [0.2, 0.25) is 5.78 Å². The van der Waals surface area contributed by atoms with Crippen LogP contribution in [-0.2, 0) is 4.74 Å². The molecular weight excluding hydrogens is 364 g/mol. The SMILES string of the molecule is COC1=CC(=O)c2c(Sc3ccccc3Br)cccc2C1=O. The third-order valence-corrected chi connectivity index (χ3v) is 5.37. The lowest BCUT2D eigenvalue weighted by Crippen LogP contribution is -2.18. The lowest BCUT2D eigenvalue weighted by Gasteiger charge is -2.17. The zero-order chi connectivity index (χ0) is 15.7. The van der Waals surface area contributed by atoms with Crippen LogP contribution in [-0.4, -0.2) is 18.7 Å². The Morgan fingerprint density at radius 2 is 1.73 bits per heavy atom. The molecule has 0 bridgehead atoms. The number of halogens is 1. The summed E-state index contributed by atoms with van der Waals surface area (Å²) in [5, 5.41) is 0. The van der Waals surface area contributed by atoms with Crippen molar-refractivity contribution in [3.63, 3.8) is 0 Å². The second-order valence-electron chi connectivity index (χ2n) is 4.62. The number of hydrogen-bond donors (Lipinski definition) is 0. The Morgan fingerprint density at radius 1 is 1.00 bits per heavy atom. The van der Waals surface area contributed by atoms with Crippen molar-refractivity contribution in [1.82, 2.24) is 0 Å². The van der Waals surface area contributed by atoms with Gasteiger partial charge in [0, 0.05) is 31.5 Å². The summed E-state index contributed by atoms with van der Waals surface area (Å²) >= 11 is 4.95. The van der Waals surface area contributed by atoms with E-state index in [2.05, 4.69) is 15.9 Å². The Balaban J connectivity index is 2.08. The van der Waals surface area contributed by atoms with Gasteiger partial charge in [-0.15, -0.1) is 0 Å². The monoisotopic (exact) mass is 374 g/mol. The van der Waals surface area contributed by atoms with Gasteiger partial charge in [0.05, 0.1) is 7.11 Å². The quantitative estimate of drug-likeness (QED) is 0.792. The molecule has 3 rings (SSSR count). The second-order valence-corrected chi connectivity index (χ2v) is 6.56. The van der Waals surface area contributed by atoms with Crippen LogP contribution >= 0.6 is 27.7 Å². The average Bonchev–Trinajstić information content (AvgIpc) is 2.53. The number of fused-ring (bicyclic) bond motifs is 1. The molecule has 0 radical (unpaired) electrons. The van der Waals surface area contributed by atoms with Crippen molar-refractivity contribution in [2.24, 2.45) is 0 Å². The highest BCUT2D eigenvalue weighted by atomic mass is 79.9. The summed E-state index contributed by atoms with van der Waals surface area (Å²) in [6, 6.07) is 13.0. The summed E-state index contributed by atoms with van der Waals surface area (Å²) in [5.74, 6) is -0.381. The van der Waals surface area contributed by atoms with Gasteiger partial charge in [-0.1, -0.05) is 36.0 Å². The molecule has 0 amide bonds. The molecule has 0 N–H and O–H groups in total. The van der Waals surface area contributed by atoms with Crippen molar-refractivity contribution in [2.75, 3.05) is 7.11 Å². The van der Waals surface area contributed by atoms with Gasteiger partial charge in [-0.05, 0) is 34.1 Å². The van der Waals surface area contributed by atoms with Crippen LogP contribution in [0.1, 0.15) is 20.7 Å². The van der Waals surface area contributed by atoms with Crippen LogP contribution in [0.2, 0.25) is 0 Å². The van der Waals surface area contributed by atoms with E-state index in [0.29, 0.717) is 11.1 Å². The Hall–Kier alpha value is -1.85. The largest absolute Gasteiger partial charge is 0.492 e. The highest BCUT2D eigenvalue weighted by Crippen LogP contribution is 2.38. The molecule has 5 heteroatoms. The molecule has 0 saturated carbocycles. The molecule has 0 spiro atoms. The van der Waals surface area contributed by atoms with Crippen molar-refractivity contribution in [2.45, 2.75) is 9.79 Å². The molecule has 0 saturated heterocycles. The first-order valence-corrected chi connectivity index (χ1v) is 8.13. The summed E-state index contributed by atoms with van der Waals surface area (Å²) in [5.41, 5.74) is 0.829. The molecule has 2 aromatic rings. The molecule has 22 heavy (non-hydrogen) atoms. The van der Waals surface area contributed by atoms with Crippen LogP contribution in [0.5, 0.6) is 0 Å². The summed E-state index contributed by atoms with van der Waals surface area (Å²) in [4.78, 5) is 26.4. The highest BCUT2D eigenvalue weighted by molar-refractivity contribution is 9.10. The number of allylic oxidation sites excluding steroid dienone is 2. The zero-order valence-corrected chi connectivity index (χ0v) is 14.0. The molecule has 0 aromatic heterocycles. The second kappa shape index (κ2) is 6.10. The van der Waals surface area contributed by atoms with E-state index in [0.717, 1.165) is 14.3 Å². The number of methoxy groups -OCH3 is 1. The molecule has 0 fully saturated rings. The minimum Gasteiger partial charge on any atom is -0.492 e. The normalized spacial score (nSPS) is 13.6. The fourth-order valence-electron chi connectivity index (χ4n) is 2.25. The lowest BCUT2D eigenvalue weighted by atomic mass is 9.93. The predicted octanol–water partition coefficient (Wildman–Crippen LogP) is 4.51. The molecule has 0 unspecified atom stereocenters. The van der Waals surface area contributed by atoms with E-state index in [9.17, 15) is 9.59 Å². The molecular formula is C17H11BrO3S. The Bertz CT molecular complexity index is 811. The van der Waals surface area contributed by atoms with Crippen LogP contribution < -0.4 is 0 Å². The number of carbonyl (C=O) groups is 2.